The van der Waals surface area contributed by atoms with E-state index in [4.69, 9.17) is 9.57 Å². The highest BCUT2D eigenvalue weighted by Gasteiger charge is 2.50. The number of nitrogens with zero attached hydrogens (tertiary/aromatic N) is 1. The molecule has 1 unspecified atom stereocenters. The van der Waals surface area contributed by atoms with E-state index < -0.39 is 26.8 Å². The maximum atomic E-state index is 14.1. The molecule has 3 aromatic rings. The van der Waals surface area contributed by atoms with Gasteiger partial charge in [0.15, 0.2) is 16.1 Å². The minimum absolute atomic E-state index is 0.0706. The molecular formula is C28H32N2O6S4. The van der Waals surface area contributed by atoms with Crippen LogP contribution in [-0.4, -0.2) is 63.1 Å². The molecule has 5 rings (SSSR count). The quantitative estimate of drug-likeness (QED) is 0.269. The van der Waals surface area contributed by atoms with Crippen LogP contribution >= 0.6 is 34.4 Å². The van der Waals surface area contributed by atoms with Gasteiger partial charge in [-0.25, -0.2) is 18.7 Å². The molecule has 2 aliphatic rings. The summed E-state index contributed by atoms with van der Waals surface area (Å²) in [5.41, 5.74) is 3.98. The molecule has 2 atom stereocenters. The molecule has 2 amide bonds. The van der Waals surface area contributed by atoms with Gasteiger partial charge in [-0.05, 0) is 66.8 Å². The topological polar surface area (TPSA) is 102 Å². The second-order valence-electron chi connectivity index (χ2n) is 9.88. The number of benzene rings is 1. The van der Waals surface area contributed by atoms with Gasteiger partial charge in [0, 0.05) is 46.1 Å². The molecular weight excluding hydrogens is 589 g/mol. The molecule has 4 heterocycles. The van der Waals surface area contributed by atoms with Gasteiger partial charge in [0.2, 0.25) is 5.91 Å². The van der Waals surface area contributed by atoms with E-state index in [1.54, 1.807) is 28.1 Å². The lowest BCUT2D eigenvalue weighted by atomic mass is 9.97. The Labute approximate surface area is 246 Å². The number of hydrogen-bond acceptors (Lipinski definition) is 9. The highest BCUT2D eigenvalue weighted by atomic mass is 32.2. The van der Waals surface area contributed by atoms with E-state index in [9.17, 15) is 18.0 Å². The first-order valence-electron chi connectivity index (χ1n) is 13.2. The van der Waals surface area contributed by atoms with E-state index in [-0.39, 0.29) is 37.6 Å². The second-order valence-corrected chi connectivity index (χ2v) is 15.0. The maximum Gasteiger partial charge on any atom is 0.254 e. The van der Waals surface area contributed by atoms with Gasteiger partial charge in [-0.3, -0.25) is 9.59 Å². The Morgan fingerprint density at radius 3 is 2.67 bits per heavy atom. The van der Waals surface area contributed by atoms with Crippen LogP contribution in [0.3, 0.4) is 0 Å². The Morgan fingerprint density at radius 1 is 1.15 bits per heavy atom. The number of thiophene rings is 2. The number of hydroxylamine groups is 1. The average molecular weight is 621 g/mol. The average Bonchev–Trinajstić information content (AvgIpc) is 3.67. The summed E-state index contributed by atoms with van der Waals surface area (Å²) >= 11 is 4.45. The Kier molecular flexibility index (Phi) is 9.33. The number of hydrogen-bond donors (Lipinski definition) is 1. The molecule has 214 valence electrons. The van der Waals surface area contributed by atoms with Crippen molar-refractivity contribution in [2.24, 2.45) is 0 Å². The Morgan fingerprint density at radius 2 is 1.98 bits per heavy atom. The highest BCUT2D eigenvalue weighted by Crippen LogP contribution is 2.45. The normalized spacial score (nSPS) is 22.9. The molecule has 0 bridgehead atoms. The predicted octanol–water partition coefficient (Wildman–Crippen LogP) is 5.32. The van der Waals surface area contributed by atoms with E-state index in [1.165, 1.54) is 22.7 Å². The molecule has 0 spiro atoms. The lowest BCUT2D eigenvalue weighted by Crippen LogP contribution is -2.43. The Hall–Kier alpha value is -2.22. The lowest BCUT2D eigenvalue weighted by molar-refractivity contribution is -0.200. The molecule has 40 heavy (non-hydrogen) atoms. The van der Waals surface area contributed by atoms with Crippen molar-refractivity contribution >= 4 is 56.1 Å². The molecule has 1 N–H and O–H groups in total. The summed E-state index contributed by atoms with van der Waals surface area (Å²) in [6.07, 6.45) is 3.79. The largest absolute Gasteiger partial charge is 0.350 e. The number of carbonyl (C=O) groups excluding carboxylic acids is 2. The van der Waals surface area contributed by atoms with Gasteiger partial charge in [0.25, 0.3) is 5.91 Å². The third kappa shape index (κ3) is 6.32. The summed E-state index contributed by atoms with van der Waals surface area (Å²) in [5.74, 6) is -0.969. The fraction of sp³-hybridized carbons (Fsp3) is 0.429. The van der Waals surface area contributed by atoms with Gasteiger partial charge in [0.1, 0.15) is 4.75 Å². The number of sulfone groups is 1. The van der Waals surface area contributed by atoms with Crippen molar-refractivity contribution in [3.05, 3.63) is 63.7 Å². The van der Waals surface area contributed by atoms with Crippen LogP contribution in [0.4, 0.5) is 0 Å². The van der Waals surface area contributed by atoms with Crippen molar-refractivity contribution < 1.29 is 27.6 Å². The number of amides is 2. The van der Waals surface area contributed by atoms with Gasteiger partial charge in [0.05, 0.1) is 17.7 Å². The molecule has 0 radical (unpaired) electrons. The van der Waals surface area contributed by atoms with Gasteiger partial charge >= 0.3 is 0 Å². The summed E-state index contributed by atoms with van der Waals surface area (Å²) < 4.78 is 32.2. The number of nitrogens with one attached hydrogen (secondary N) is 1. The molecule has 0 aliphatic carbocycles. The lowest BCUT2D eigenvalue weighted by Gasteiger charge is -2.31. The monoisotopic (exact) mass is 620 g/mol. The third-order valence-electron chi connectivity index (χ3n) is 7.38. The van der Waals surface area contributed by atoms with Crippen molar-refractivity contribution in [3.8, 4) is 10.4 Å². The minimum atomic E-state index is -3.86. The summed E-state index contributed by atoms with van der Waals surface area (Å²) in [6, 6.07) is 13.6. The molecule has 2 aromatic heterocycles. The SMILES string of the molecule is CSc1ccc(-c2ccc([C@@]3(CC(=O)NOC4CCCCO4)CCN(C(=O)c4ccsc4)CCS3(=O)=O)s2)cc1. The summed E-state index contributed by atoms with van der Waals surface area (Å²) in [4.78, 5) is 36.1. The summed E-state index contributed by atoms with van der Waals surface area (Å²) in [6.45, 7) is 0.841. The van der Waals surface area contributed by atoms with E-state index in [0.29, 0.717) is 23.5 Å². The zero-order valence-corrected chi connectivity index (χ0v) is 25.4. The van der Waals surface area contributed by atoms with Gasteiger partial charge in [-0.1, -0.05) is 12.1 Å². The van der Waals surface area contributed by atoms with Crippen molar-refractivity contribution in [3.63, 3.8) is 0 Å². The van der Waals surface area contributed by atoms with E-state index in [1.807, 2.05) is 48.0 Å². The number of ether oxygens (including phenoxy) is 1. The van der Waals surface area contributed by atoms with Crippen molar-refractivity contribution in [1.82, 2.24) is 10.4 Å². The predicted molar refractivity (Wildman–Crippen MR) is 159 cm³/mol. The first-order chi connectivity index (χ1) is 19.3. The fourth-order valence-corrected chi connectivity index (χ4v) is 9.71. The second kappa shape index (κ2) is 12.7. The molecule has 0 saturated carbocycles. The van der Waals surface area contributed by atoms with Crippen LogP contribution in [0.1, 0.15) is 47.3 Å². The molecule has 2 saturated heterocycles. The minimum Gasteiger partial charge on any atom is -0.350 e. The Bertz CT molecular complexity index is 1420. The number of carbonyl (C=O) groups is 2. The van der Waals surface area contributed by atoms with Crippen molar-refractivity contribution in [2.75, 3.05) is 31.7 Å². The van der Waals surface area contributed by atoms with E-state index in [2.05, 4.69) is 5.48 Å². The molecule has 2 aliphatic heterocycles. The zero-order chi connectivity index (χ0) is 28.2. The van der Waals surface area contributed by atoms with Crippen LogP contribution in [0.2, 0.25) is 0 Å². The first kappa shape index (κ1) is 29.3. The van der Waals surface area contributed by atoms with Crippen molar-refractivity contribution in [1.29, 1.82) is 0 Å². The van der Waals surface area contributed by atoms with Gasteiger partial charge in [-0.15, -0.1) is 23.1 Å². The van der Waals surface area contributed by atoms with Crippen LogP contribution in [0.15, 0.2) is 58.1 Å². The van der Waals surface area contributed by atoms with Crippen LogP contribution in [0.5, 0.6) is 0 Å². The molecule has 8 nitrogen and oxygen atoms in total. The van der Waals surface area contributed by atoms with Crippen LogP contribution in [0.25, 0.3) is 10.4 Å². The highest BCUT2D eigenvalue weighted by molar-refractivity contribution is 7.98. The van der Waals surface area contributed by atoms with Crippen LogP contribution in [-0.2, 0) is 29.0 Å². The molecule has 2 fully saturated rings. The summed E-state index contributed by atoms with van der Waals surface area (Å²) in [5, 5.41) is 3.59. The fourth-order valence-electron chi connectivity index (χ4n) is 5.07. The van der Waals surface area contributed by atoms with Crippen molar-refractivity contribution in [2.45, 2.75) is 48.0 Å². The smallest absolute Gasteiger partial charge is 0.254 e. The number of rotatable bonds is 8. The van der Waals surface area contributed by atoms with Gasteiger partial charge in [-0.2, -0.15) is 11.3 Å². The first-order valence-corrected chi connectivity index (χ1v) is 17.8. The van der Waals surface area contributed by atoms with Crippen LogP contribution < -0.4 is 5.48 Å². The Balaban J connectivity index is 1.45. The third-order valence-corrected chi connectivity index (χ3v) is 12.8. The zero-order valence-electron chi connectivity index (χ0n) is 22.2. The van der Waals surface area contributed by atoms with E-state index >= 15 is 0 Å². The summed E-state index contributed by atoms with van der Waals surface area (Å²) in [7, 11) is -3.86. The van der Waals surface area contributed by atoms with Crippen LogP contribution in [0, 0.1) is 0 Å². The molecule has 1 aromatic carbocycles. The maximum absolute atomic E-state index is 14.1. The van der Waals surface area contributed by atoms with E-state index in [0.717, 1.165) is 28.2 Å². The molecule has 12 heteroatoms. The number of thioether (sulfide) groups is 1. The standard InChI is InChI=1S/C28H32N2O6S4/c1-37-22-7-5-20(6-8-22)23-9-10-24(39-23)28(18-25(31)29-36-26-4-2-3-15-35-26)12-13-30(14-17-40(28,33)34)27(32)21-11-16-38-19-21/h5-11,16,19,26H,2-4,12-15,17-18H2,1H3,(H,29,31)/t26?,28-/m0/s1. The van der Waals surface area contributed by atoms with Gasteiger partial charge < -0.3 is 9.64 Å².